The average Bonchev–Trinajstić information content (AvgIpc) is 3.23. The normalized spacial score (nSPS) is 26.6. The van der Waals surface area contributed by atoms with Crippen molar-refractivity contribution < 1.29 is 27.4 Å². The molecule has 154 valence electrons. The molecule has 0 radical (unpaired) electrons. The first-order valence-corrected chi connectivity index (χ1v) is 10.9. The molecule has 3 heterocycles. The number of likely N-dealkylation sites (N-methyl/N-ethyl adjacent to an activating group) is 1. The number of hydrogen-bond donors (Lipinski definition) is 0. The molecule has 0 aromatic heterocycles. The summed E-state index contributed by atoms with van der Waals surface area (Å²) in [6.07, 6.45) is -0.249. The second-order valence-corrected chi connectivity index (χ2v) is 9.55. The first-order valence-electron chi connectivity index (χ1n) is 9.25. The molecule has 3 aliphatic rings. The van der Waals surface area contributed by atoms with Gasteiger partial charge in [-0.25, -0.2) is 8.42 Å². The van der Waals surface area contributed by atoms with Crippen LogP contribution in [0.1, 0.15) is 5.56 Å². The Bertz CT molecular complexity index is 859. The van der Waals surface area contributed by atoms with Crippen molar-refractivity contribution >= 4 is 15.9 Å². The third kappa shape index (κ3) is 3.82. The van der Waals surface area contributed by atoms with Crippen LogP contribution in [0.15, 0.2) is 18.2 Å². The van der Waals surface area contributed by atoms with Gasteiger partial charge in [-0.3, -0.25) is 9.69 Å². The lowest BCUT2D eigenvalue weighted by molar-refractivity contribution is -0.129. The van der Waals surface area contributed by atoms with Crippen LogP contribution in [0.25, 0.3) is 0 Å². The number of likely N-dealkylation sites (tertiary alicyclic amines) is 1. The number of carbonyl (C=O) groups is 1. The smallest absolute Gasteiger partial charge is 0.237 e. The van der Waals surface area contributed by atoms with Crippen LogP contribution in [0.3, 0.4) is 0 Å². The number of fused-ring (bicyclic) bond motifs is 2. The van der Waals surface area contributed by atoms with E-state index in [0.29, 0.717) is 19.6 Å². The number of hydrogen-bond acceptors (Lipinski definition) is 7. The van der Waals surface area contributed by atoms with E-state index < -0.39 is 10.0 Å². The Labute approximate surface area is 164 Å². The number of amides is 1. The zero-order valence-electron chi connectivity index (χ0n) is 16.0. The van der Waals surface area contributed by atoms with Gasteiger partial charge in [0.05, 0.1) is 31.1 Å². The minimum absolute atomic E-state index is 0.0944. The number of ether oxygens (including phenoxy) is 3. The molecule has 1 aromatic carbocycles. The summed E-state index contributed by atoms with van der Waals surface area (Å²) in [5.41, 5.74) is 1.06. The minimum atomic E-state index is -3.55. The van der Waals surface area contributed by atoms with Gasteiger partial charge in [-0.15, -0.1) is 0 Å². The quantitative estimate of drug-likeness (QED) is 0.673. The van der Waals surface area contributed by atoms with Gasteiger partial charge < -0.3 is 19.1 Å². The van der Waals surface area contributed by atoms with Gasteiger partial charge in [0.1, 0.15) is 0 Å². The maximum atomic E-state index is 12.7. The second-order valence-electron chi connectivity index (χ2n) is 7.51. The standard InChI is InChI=1S/C18H25N3O6S/c1-19(2)18(22)11-21-14-9-20(10-17(14)25-5-6-28(21,23)24)8-13-3-4-15-16(7-13)27-12-26-15/h3-4,7,14,17H,5-6,8-12H2,1-2H3/t14-,17+/m1/s1. The molecule has 1 amide bonds. The van der Waals surface area contributed by atoms with Gasteiger partial charge in [0, 0.05) is 33.7 Å². The van der Waals surface area contributed by atoms with Gasteiger partial charge >= 0.3 is 0 Å². The molecule has 10 heteroatoms. The Balaban J connectivity index is 1.50. The molecule has 0 saturated carbocycles. The Morgan fingerprint density at radius 3 is 2.79 bits per heavy atom. The number of carbonyl (C=O) groups excluding carboxylic acids is 1. The molecular formula is C18H25N3O6S. The highest BCUT2D eigenvalue weighted by molar-refractivity contribution is 7.89. The first kappa shape index (κ1) is 19.4. The highest BCUT2D eigenvalue weighted by Gasteiger charge is 2.45. The van der Waals surface area contributed by atoms with E-state index in [4.69, 9.17) is 14.2 Å². The molecular weight excluding hydrogens is 386 g/mol. The van der Waals surface area contributed by atoms with Gasteiger partial charge in [0.15, 0.2) is 11.5 Å². The molecule has 28 heavy (non-hydrogen) atoms. The number of sulfonamides is 1. The third-order valence-corrected chi connectivity index (χ3v) is 7.14. The van der Waals surface area contributed by atoms with Crippen LogP contribution < -0.4 is 9.47 Å². The molecule has 3 aliphatic heterocycles. The lowest BCUT2D eigenvalue weighted by Gasteiger charge is -2.28. The maximum absolute atomic E-state index is 12.7. The Morgan fingerprint density at radius 1 is 1.21 bits per heavy atom. The lowest BCUT2D eigenvalue weighted by atomic mass is 10.2. The SMILES string of the molecule is CN(C)C(=O)CN1[C@@H]2CN(Cc3ccc4c(c3)OCO4)C[C@@H]2OCCS1(=O)=O. The van der Waals surface area contributed by atoms with E-state index >= 15 is 0 Å². The monoisotopic (exact) mass is 411 g/mol. The van der Waals surface area contributed by atoms with Crippen LogP contribution in [-0.2, 0) is 26.1 Å². The highest BCUT2D eigenvalue weighted by atomic mass is 32.2. The highest BCUT2D eigenvalue weighted by Crippen LogP contribution is 2.33. The first-order chi connectivity index (χ1) is 13.3. The fourth-order valence-corrected chi connectivity index (χ4v) is 5.28. The summed E-state index contributed by atoms with van der Waals surface area (Å²) in [4.78, 5) is 15.8. The molecule has 0 aliphatic carbocycles. The summed E-state index contributed by atoms with van der Waals surface area (Å²) in [5, 5.41) is 0. The molecule has 4 rings (SSSR count). The molecule has 2 saturated heterocycles. The summed E-state index contributed by atoms with van der Waals surface area (Å²) >= 11 is 0. The van der Waals surface area contributed by atoms with Crippen LogP contribution in [0.2, 0.25) is 0 Å². The van der Waals surface area contributed by atoms with E-state index in [2.05, 4.69) is 4.90 Å². The van der Waals surface area contributed by atoms with Gasteiger partial charge in [0.25, 0.3) is 0 Å². The number of nitrogens with zero attached hydrogens (tertiary/aromatic N) is 3. The van der Waals surface area contributed by atoms with Crippen molar-refractivity contribution in [1.82, 2.24) is 14.1 Å². The largest absolute Gasteiger partial charge is 0.454 e. The molecule has 0 unspecified atom stereocenters. The van der Waals surface area contributed by atoms with Crippen molar-refractivity contribution in [2.24, 2.45) is 0 Å². The van der Waals surface area contributed by atoms with E-state index in [1.165, 1.54) is 9.21 Å². The Kier molecular flexibility index (Phi) is 5.21. The van der Waals surface area contributed by atoms with Crippen LogP contribution in [-0.4, -0.2) is 93.5 Å². The zero-order valence-corrected chi connectivity index (χ0v) is 16.9. The topological polar surface area (TPSA) is 88.6 Å². The van der Waals surface area contributed by atoms with E-state index in [0.717, 1.165) is 17.1 Å². The van der Waals surface area contributed by atoms with Crippen molar-refractivity contribution in [2.45, 2.75) is 18.7 Å². The summed E-state index contributed by atoms with van der Waals surface area (Å²) < 4.78 is 43.4. The molecule has 9 nitrogen and oxygen atoms in total. The van der Waals surface area contributed by atoms with Crippen molar-refractivity contribution in [2.75, 3.05) is 52.9 Å². The van der Waals surface area contributed by atoms with E-state index in [-0.39, 0.29) is 43.8 Å². The summed E-state index contributed by atoms with van der Waals surface area (Å²) in [6, 6.07) is 5.44. The average molecular weight is 411 g/mol. The zero-order chi connectivity index (χ0) is 19.9. The Hall–Kier alpha value is -1.88. The van der Waals surface area contributed by atoms with E-state index in [1.807, 2.05) is 18.2 Å². The molecule has 2 fully saturated rings. The minimum Gasteiger partial charge on any atom is -0.454 e. The summed E-state index contributed by atoms with van der Waals surface area (Å²) in [6.45, 7) is 1.99. The third-order valence-electron chi connectivity index (χ3n) is 5.35. The van der Waals surface area contributed by atoms with Crippen LogP contribution >= 0.6 is 0 Å². The Morgan fingerprint density at radius 2 is 2.00 bits per heavy atom. The van der Waals surface area contributed by atoms with Gasteiger partial charge in [-0.2, -0.15) is 4.31 Å². The predicted octanol–water partition coefficient (Wildman–Crippen LogP) is -0.282. The molecule has 0 spiro atoms. The number of benzene rings is 1. The van der Waals surface area contributed by atoms with Crippen LogP contribution in [0.5, 0.6) is 11.5 Å². The van der Waals surface area contributed by atoms with Gasteiger partial charge in [-0.05, 0) is 17.7 Å². The van der Waals surface area contributed by atoms with Crippen LogP contribution in [0, 0.1) is 0 Å². The summed E-state index contributed by atoms with van der Waals surface area (Å²) in [7, 11) is -0.297. The fourth-order valence-electron chi connectivity index (χ4n) is 3.82. The predicted molar refractivity (Wildman–Crippen MR) is 101 cm³/mol. The van der Waals surface area contributed by atoms with Crippen LogP contribution in [0.4, 0.5) is 0 Å². The molecule has 0 bridgehead atoms. The van der Waals surface area contributed by atoms with Crippen molar-refractivity contribution in [3.63, 3.8) is 0 Å². The summed E-state index contributed by atoms with van der Waals surface area (Å²) in [5.74, 6) is 1.13. The maximum Gasteiger partial charge on any atom is 0.237 e. The lowest BCUT2D eigenvalue weighted by Crippen LogP contribution is -2.50. The van der Waals surface area contributed by atoms with Gasteiger partial charge in [-0.1, -0.05) is 6.07 Å². The second kappa shape index (κ2) is 7.51. The van der Waals surface area contributed by atoms with Crippen molar-refractivity contribution in [3.05, 3.63) is 23.8 Å². The number of rotatable bonds is 4. The van der Waals surface area contributed by atoms with E-state index in [9.17, 15) is 13.2 Å². The van der Waals surface area contributed by atoms with Gasteiger partial charge in [0.2, 0.25) is 22.7 Å². The molecule has 0 N–H and O–H groups in total. The molecule has 1 aromatic rings. The van der Waals surface area contributed by atoms with Crippen molar-refractivity contribution in [3.8, 4) is 11.5 Å². The molecule has 2 atom stereocenters. The van der Waals surface area contributed by atoms with E-state index in [1.54, 1.807) is 14.1 Å². The van der Waals surface area contributed by atoms with Crippen molar-refractivity contribution in [1.29, 1.82) is 0 Å². The fraction of sp³-hybridized carbons (Fsp3) is 0.611.